The van der Waals surface area contributed by atoms with Crippen molar-refractivity contribution in [2.45, 2.75) is 40.2 Å². The Bertz CT molecular complexity index is 69.1. The molecule has 0 saturated carbocycles. The Labute approximate surface area is 58.8 Å². The second-order valence-electron chi connectivity index (χ2n) is 4.02. The highest BCUT2D eigenvalue weighted by Crippen LogP contribution is 1.99. The van der Waals surface area contributed by atoms with Gasteiger partial charge in [0.15, 0.2) is 0 Å². The van der Waals surface area contributed by atoms with E-state index in [4.69, 9.17) is 0 Å². The predicted octanol–water partition coefficient (Wildman–Crippen LogP) is 2.03. The second-order valence-corrected chi connectivity index (χ2v) is 4.02. The molecule has 0 fully saturated rings. The van der Waals surface area contributed by atoms with E-state index < -0.39 is 0 Å². The molecule has 0 aliphatic carbocycles. The topological polar surface area (TPSA) is 12.0 Å². The van der Waals surface area contributed by atoms with Crippen molar-refractivity contribution in [2.24, 2.45) is 5.92 Å². The molecule has 56 valence electrons. The van der Waals surface area contributed by atoms with E-state index >= 15 is 0 Å². The molecule has 0 aliphatic heterocycles. The van der Waals surface area contributed by atoms with Crippen LogP contribution in [0.1, 0.15) is 34.6 Å². The molecule has 0 aliphatic rings. The monoisotopic (exact) mass is 129 g/mol. The molecule has 0 bridgehead atoms. The third-order valence-electron chi connectivity index (χ3n) is 1.04. The lowest BCUT2D eigenvalue weighted by atomic mass is 10.1. The zero-order valence-corrected chi connectivity index (χ0v) is 7.28. The maximum Gasteiger partial charge on any atom is 0.00966 e. The molecule has 0 radical (unpaired) electrons. The summed E-state index contributed by atoms with van der Waals surface area (Å²) in [6.45, 7) is 12.1. The molecule has 0 spiro atoms. The van der Waals surface area contributed by atoms with Gasteiger partial charge in [-0.05, 0) is 33.2 Å². The summed E-state index contributed by atoms with van der Waals surface area (Å²) >= 11 is 0. The van der Waals surface area contributed by atoms with Crippen molar-refractivity contribution < 1.29 is 0 Å². The Morgan fingerprint density at radius 3 is 1.78 bits per heavy atom. The SMILES string of the molecule is CC(C)CNC(C)(C)C. The van der Waals surface area contributed by atoms with Crippen LogP contribution < -0.4 is 5.32 Å². The zero-order chi connectivity index (χ0) is 7.49. The van der Waals surface area contributed by atoms with Gasteiger partial charge in [0.2, 0.25) is 0 Å². The first-order chi connectivity index (χ1) is 3.92. The minimum Gasteiger partial charge on any atom is -0.312 e. The van der Waals surface area contributed by atoms with Crippen LogP contribution in [-0.4, -0.2) is 12.1 Å². The van der Waals surface area contributed by atoms with E-state index in [9.17, 15) is 0 Å². The van der Waals surface area contributed by atoms with Crippen LogP contribution in [0.25, 0.3) is 0 Å². The van der Waals surface area contributed by atoms with E-state index in [0.29, 0.717) is 0 Å². The largest absolute Gasteiger partial charge is 0.312 e. The molecule has 0 amide bonds. The van der Waals surface area contributed by atoms with Crippen LogP contribution in [0.5, 0.6) is 0 Å². The van der Waals surface area contributed by atoms with Gasteiger partial charge in [-0.3, -0.25) is 0 Å². The maximum absolute atomic E-state index is 3.42. The van der Waals surface area contributed by atoms with E-state index in [1.807, 2.05) is 0 Å². The minimum atomic E-state index is 0.282. The first-order valence-electron chi connectivity index (χ1n) is 3.67. The van der Waals surface area contributed by atoms with Crippen LogP contribution in [0, 0.1) is 5.92 Å². The summed E-state index contributed by atoms with van der Waals surface area (Å²) in [7, 11) is 0. The Balaban J connectivity index is 3.28. The van der Waals surface area contributed by atoms with Gasteiger partial charge in [0, 0.05) is 5.54 Å². The molecule has 1 N–H and O–H groups in total. The van der Waals surface area contributed by atoms with Crippen LogP contribution in [0.3, 0.4) is 0 Å². The normalized spacial score (nSPS) is 12.7. The highest BCUT2D eigenvalue weighted by atomic mass is 14.9. The minimum absolute atomic E-state index is 0.282. The van der Waals surface area contributed by atoms with Crippen molar-refractivity contribution in [2.75, 3.05) is 6.54 Å². The highest BCUT2D eigenvalue weighted by Gasteiger charge is 2.07. The van der Waals surface area contributed by atoms with Gasteiger partial charge in [0.25, 0.3) is 0 Å². The lowest BCUT2D eigenvalue weighted by Crippen LogP contribution is -2.38. The van der Waals surface area contributed by atoms with Crippen LogP contribution in [0.15, 0.2) is 0 Å². The van der Waals surface area contributed by atoms with Crippen LogP contribution >= 0.6 is 0 Å². The van der Waals surface area contributed by atoms with E-state index in [0.717, 1.165) is 12.5 Å². The Morgan fingerprint density at radius 2 is 1.67 bits per heavy atom. The lowest BCUT2D eigenvalue weighted by Gasteiger charge is -2.21. The summed E-state index contributed by atoms with van der Waals surface area (Å²) in [5.74, 6) is 0.754. The molecule has 0 unspecified atom stereocenters. The standard InChI is InChI=1S/C8H19N/c1-7(2)6-9-8(3,4)5/h7,9H,6H2,1-5H3. The quantitative estimate of drug-likeness (QED) is 0.601. The van der Waals surface area contributed by atoms with E-state index in [1.165, 1.54) is 0 Å². The zero-order valence-electron chi connectivity index (χ0n) is 7.28. The number of nitrogens with one attached hydrogen (secondary N) is 1. The number of hydrogen-bond acceptors (Lipinski definition) is 1. The van der Waals surface area contributed by atoms with Crippen molar-refractivity contribution in [1.29, 1.82) is 0 Å². The van der Waals surface area contributed by atoms with Gasteiger partial charge in [0.05, 0.1) is 0 Å². The van der Waals surface area contributed by atoms with Crippen molar-refractivity contribution in [3.8, 4) is 0 Å². The summed E-state index contributed by atoms with van der Waals surface area (Å²) in [5, 5.41) is 3.42. The maximum atomic E-state index is 3.42. The second kappa shape index (κ2) is 3.21. The van der Waals surface area contributed by atoms with E-state index in [1.54, 1.807) is 0 Å². The van der Waals surface area contributed by atoms with Gasteiger partial charge in [-0.25, -0.2) is 0 Å². The fourth-order valence-electron chi connectivity index (χ4n) is 0.510. The summed E-state index contributed by atoms with van der Waals surface area (Å²) in [4.78, 5) is 0. The molecule has 9 heavy (non-hydrogen) atoms. The third kappa shape index (κ3) is 7.96. The summed E-state index contributed by atoms with van der Waals surface area (Å²) in [6.07, 6.45) is 0. The first kappa shape index (κ1) is 8.96. The molecule has 0 rings (SSSR count). The fraction of sp³-hybridized carbons (Fsp3) is 1.00. The van der Waals surface area contributed by atoms with Gasteiger partial charge in [-0.1, -0.05) is 13.8 Å². The molecule has 1 nitrogen and oxygen atoms in total. The number of hydrogen-bond donors (Lipinski definition) is 1. The van der Waals surface area contributed by atoms with Gasteiger partial charge >= 0.3 is 0 Å². The molecule has 0 aromatic heterocycles. The molecule has 0 saturated heterocycles. The van der Waals surface area contributed by atoms with Crippen molar-refractivity contribution >= 4 is 0 Å². The molecule has 0 aromatic carbocycles. The molecule has 1 heteroatoms. The van der Waals surface area contributed by atoms with E-state index in [2.05, 4.69) is 39.9 Å². The summed E-state index contributed by atoms with van der Waals surface area (Å²) in [5.41, 5.74) is 0.282. The average molecular weight is 129 g/mol. The Morgan fingerprint density at radius 1 is 1.22 bits per heavy atom. The number of rotatable bonds is 2. The molecule has 0 atom stereocenters. The average Bonchev–Trinajstić information content (AvgIpc) is 1.59. The summed E-state index contributed by atoms with van der Waals surface area (Å²) in [6, 6.07) is 0. The smallest absolute Gasteiger partial charge is 0.00966 e. The summed E-state index contributed by atoms with van der Waals surface area (Å²) < 4.78 is 0. The van der Waals surface area contributed by atoms with Crippen LogP contribution in [0.2, 0.25) is 0 Å². The lowest BCUT2D eigenvalue weighted by molar-refractivity contribution is 0.393. The van der Waals surface area contributed by atoms with Gasteiger partial charge in [-0.2, -0.15) is 0 Å². The third-order valence-corrected chi connectivity index (χ3v) is 1.04. The Hall–Kier alpha value is -0.0400. The molecular weight excluding hydrogens is 110 g/mol. The fourth-order valence-corrected chi connectivity index (χ4v) is 0.510. The Kier molecular flexibility index (Phi) is 3.20. The highest BCUT2D eigenvalue weighted by molar-refractivity contribution is 4.70. The molecule has 0 heterocycles. The first-order valence-corrected chi connectivity index (χ1v) is 3.67. The molecular formula is C8H19N. The van der Waals surface area contributed by atoms with Gasteiger partial charge < -0.3 is 5.32 Å². The van der Waals surface area contributed by atoms with Crippen molar-refractivity contribution in [1.82, 2.24) is 5.32 Å². The van der Waals surface area contributed by atoms with Gasteiger partial charge in [-0.15, -0.1) is 0 Å². The van der Waals surface area contributed by atoms with Gasteiger partial charge in [0.1, 0.15) is 0 Å². The van der Waals surface area contributed by atoms with Crippen molar-refractivity contribution in [3.05, 3.63) is 0 Å². The van der Waals surface area contributed by atoms with Crippen LogP contribution in [-0.2, 0) is 0 Å². The predicted molar refractivity (Wildman–Crippen MR) is 42.6 cm³/mol. The van der Waals surface area contributed by atoms with Crippen molar-refractivity contribution in [3.63, 3.8) is 0 Å². The van der Waals surface area contributed by atoms with E-state index in [-0.39, 0.29) is 5.54 Å². The van der Waals surface area contributed by atoms with Crippen LogP contribution in [0.4, 0.5) is 0 Å². The molecule has 0 aromatic rings.